The first kappa shape index (κ1) is 15.0. The van der Waals surface area contributed by atoms with Crippen LogP contribution in [0, 0.1) is 6.92 Å². The number of carbonyl (C=O) groups excluding carboxylic acids is 1. The Morgan fingerprint density at radius 3 is 2.89 bits per heavy atom. The smallest absolute Gasteiger partial charge is 0.254 e. The maximum Gasteiger partial charge on any atom is 0.254 e. The zero-order chi connectivity index (χ0) is 13.8. The molecule has 19 heavy (non-hydrogen) atoms. The summed E-state index contributed by atoms with van der Waals surface area (Å²) in [6, 6.07) is 6.25. The molecule has 1 fully saturated rings. The summed E-state index contributed by atoms with van der Waals surface area (Å²) < 4.78 is 1.06. The molecule has 2 rings (SSSR count). The minimum Gasteiger partial charge on any atom is -0.336 e. The van der Waals surface area contributed by atoms with Gasteiger partial charge in [0, 0.05) is 28.0 Å². The molecule has 1 aliphatic heterocycles. The highest BCUT2D eigenvalue weighted by molar-refractivity contribution is 9.10. The maximum absolute atomic E-state index is 12.6. The van der Waals surface area contributed by atoms with E-state index in [-0.39, 0.29) is 5.91 Å². The fourth-order valence-corrected chi connectivity index (χ4v) is 3.41. The van der Waals surface area contributed by atoms with Gasteiger partial charge in [0.15, 0.2) is 0 Å². The van der Waals surface area contributed by atoms with Crippen molar-refractivity contribution in [3.05, 3.63) is 33.8 Å². The fraction of sp³-hybridized carbons (Fsp3) is 0.533. The molecule has 1 unspecified atom stereocenters. The summed E-state index contributed by atoms with van der Waals surface area (Å²) in [7, 11) is 0. The summed E-state index contributed by atoms with van der Waals surface area (Å²) in [5.74, 6) is 0.182. The first-order valence-corrected chi connectivity index (χ1v) is 8.68. The van der Waals surface area contributed by atoms with Crippen LogP contribution in [0.2, 0.25) is 0 Å². The molecule has 0 bridgehead atoms. The molecule has 0 saturated carbocycles. The van der Waals surface area contributed by atoms with Crippen molar-refractivity contribution in [1.82, 2.24) is 4.90 Å². The molecule has 1 atom stereocenters. The molecule has 0 spiro atoms. The van der Waals surface area contributed by atoms with Crippen molar-refractivity contribution in [1.29, 1.82) is 0 Å². The van der Waals surface area contributed by atoms with Gasteiger partial charge < -0.3 is 4.90 Å². The van der Waals surface area contributed by atoms with Gasteiger partial charge in [-0.3, -0.25) is 4.79 Å². The highest BCUT2D eigenvalue weighted by Crippen LogP contribution is 2.24. The third-order valence-corrected chi connectivity index (χ3v) is 5.08. The Kier molecular flexibility index (Phi) is 5.46. The van der Waals surface area contributed by atoms with Gasteiger partial charge in [-0.1, -0.05) is 31.9 Å². The minimum atomic E-state index is 0.182. The van der Waals surface area contributed by atoms with Crippen LogP contribution in [0.5, 0.6) is 0 Å². The van der Waals surface area contributed by atoms with E-state index < -0.39 is 0 Å². The van der Waals surface area contributed by atoms with E-state index in [1.54, 1.807) is 0 Å². The van der Waals surface area contributed by atoms with Crippen molar-refractivity contribution >= 4 is 37.8 Å². The second-order valence-corrected chi connectivity index (χ2v) is 6.74. The summed E-state index contributed by atoms with van der Waals surface area (Å²) in [6.45, 7) is 2.92. The number of aryl methyl sites for hydroxylation is 1. The van der Waals surface area contributed by atoms with Crippen molar-refractivity contribution in [2.45, 2.75) is 38.6 Å². The zero-order valence-corrected chi connectivity index (χ0v) is 14.3. The average Bonchev–Trinajstić information content (AvgIpc) is 2.42. The van der Waals surface area contributed by atoms with Crippen LogP contribution >= 0.6 is 31.9 Å². The second-order valence-electron chi connectivity index (χ2n) is 5.09. The quantitative estimate of drug-likeness (QED) is 0.696. The lowest BCUT2D eigenvalue weighted by molar-refractivity contribution is 0.0610. The summed E-state index contributed by atoms with van der Waals surface area (Å²) in [5, 5.41) is 0.959. The molecule has 0 aliphatic carbocycles. The fourth-order valence-electron chi connectivity index (χ4n) is 2.64. The van der Waals surface area contributed by atoms with Gasteiger partial charge in [-0.05, 0) is 56.4 Å². The summed E-state index contributed by atoms with van der Waals surface area (Å²) in [6.07, 6.45) is 4.54. The van der Waals surface area contributed by atoms with Crippen LogP contribution in [0.4, 0.5) is 0 Å². The lowest BCUT2D eigenvalue weighted by atomic mass is 9.98. The van der Waals surface area contributed by atoms with Gasteiger partial charge in [0.05, 0.1) is 0 Å². The van der Waals surface area contributed by atoms with Crippen LogP contribution in [0.1, 0.15) is 41.6 Å². The molecular formula is C15H19Br2NO. The lowest BCUT2D eigenvalue weighted by Crippen LogP contribution is -2.43. The van der Waals surface area contributed by atoms with Gasteiger partial charge in [-0.2, -0.15) is 0 Å². The first-order valence-electron chi connectivity index (χ1n) is 6.76. The molecule has 0 N–H and O–H groups in total. The molecule has 1 heterocycles. The Morgan fingerprint density at radius 2 is 2.21 bits per heavy atom. The van der Waals surface area contributed by atoms with Crippen molar-refractivity contribution in [3.63, 3.8) is 0 Å². The van der Waals surface area contributed by atoms with Gasteiger partial charge in [-0.25, -0.2) is 0 Å². The molecule has 1 saturated heterocycles. The van der Waals surface area contributed by atoms with Gasteiger partial charge >= 0.3 is 0 Å². The standard InChI is InChI=1S/C15H19Br2NO/c1-11-10-12(5-6-14(11)17)15(19)18-9-3-2-4-13(18)7-8-16/h5-6,10,13H,2-4,7-9H2,1H3. The molecule has 1 aromatic rings. The van der Waals surface area contributed by atoms with Crippen LogP contribution in [0.25, 0.3) is 0 Å². The van der Waals surface area contributed by atoms with Crippen molar-refractivity contribution in [3.8, 4) is 0 Å². The Labute approximate surface area is 131 Å². The number of hydrogen-bond donors (Lipinski definition) is 0. The Bertz CT molecular complexity index is 459. The molecule has 0 radical (unpaired) electrons. The zero-order valence-electron chi connectivity index (χ0n) is 11.2. The van der Waals surface area contributed by atoms with E-state index in [0.29, 0.717) is 6.04 Å². The van der Waals surface area contributed by atoms with E-state index >= 15 is 0 Å². The van der Waals surface area contributed by atoms with Gasteiger partial charge in [0.2, 0.25) is 0 Å². The van der Waals surface area contributed by atoms with Crippen LogP contribution < -0.4 is 0 Å². The highest BCUT2D eigenvalue weighted by atomic mass is 79.9. The number of likely N-dealkylation sites (tertiary alicyclic amines) is 1. The Hall–Kier alpha value is -0.350. The van der Waals surface area contributed by atoms with E-state index in [0.717, 1.165) is 46.7 Å². The van der Waals surface area contributed by atoms with Crippen LogP contribution in [0.15, 0.2) is 22.7 Å². The van der Waals surface area contributed by atoms with Gasteiger partial charge in [0.25, 0.3) is 5.91 Å². The molecule has 104 valence electrons. The summed E-state index contributed by atoms with van der Waals surface area (Å²) in [4.78, 5) is 14.7. The van der Waals surface area contributed by atoms with Crippen molar-refractivity contribution in [2.24, 2.45) is 0 Å². The number of hydrogen-bond acceptors (Lipinski definition) is 1. The van der Waals surface area contributed by atoms with Crippen LogP contribution in [-0.2, 0) is 0 Å². The predicted molar refractivity (Wildman–Crippen MR) is 86.0 cm³/mol. The minimum absolute atomic E-state index is 0.182. The van der Waals surface area contributed by atoms with Crippen LogP contribution in [-0.4, -0.2) is 28.7 Å². The number of amides is 1. The third kappa shape index (κ3) is 3.60. The highest BCUT2D eigenvalue weighted by Gasteiger charge is 2.26. The van der Waals surface area contributed by atoms with Gasteiger partial charge in [0.1, 0.15) is 0 Å². The Morgan fingerprint density at radius 1 is 1.42 bits per heavy atom. The number of carbonyl (C=O) groups is 1. The van der Waals surface area contributed by atoms with Crippen LogP contribution in [0.3, 0.4) is 0 Å². The number of piperidine rings is 1. The Balaban J connectivity index is 2.18. The topological polar surface area (TPSA) is 20.3 Å². The van der Waals surface area contributed by atoms with Crippen molar-refractivity contribution in [2.75, 3.05) is 11.9 Å². The number of rotatable bonds is 3. The van der Waals surface area contributed by atoms with E-state index in [1.807, 2.05) is 25.1 Å². The largest absolute Gasteiger partial charge is 0.336 e. The number of alkyl halides is 1. The molecule has 0 aromatic heterocycles. The summed E-state index contributed by atoms with van der Waals surface area (Å²) in [5.41, 5.74) is 1.92. The van der Waals surface area contributed by atoms with E-state index in [1.165, 1.54) is 6.42 Å². The van der Waals surface area contributed by atoms with E-state index in [2.05, 4.69) is 36.8 Å². The normalized spacial score (nSPS) is 19.5. The number of nitrogens with zero attached hydrogens (tertiary/aromatic N) is 1. The average molecular weight is 389 g/mol. The monoisotopic (exact) mass is 387 g/mol. The number of halogens is 2. The van der Waals surface area contributed by atoms with Crippen molar-refractivity contribution < 1.29 is 4.79 Å². The summed E-state index contributed by atoms with van der Waals surface area (Å²) >= 11 is 6.97. The second kappa shape index (κ2) is 6.89. The molecule has 1 aromatic carbocycles. The molecule has 1 aliphatic rings. The SMILES string of the molecule is Cc1cc(C(=O)N2CCCCC2CCBr)ccc1Br. The van der Waals surface area contributed by atoms with Gasteiger partial charge in [-0.15, -0.1) is 0 Å². The first-order chi connectivity index (χ1) is 9.13. The molecule has 2 nitrogen and oxygen atoms in total. The molecule has 1 amide bonds. The lowest BCUT2D eigenvalue weighted by Gasteiger charge is -2.35. The predicted octanol–water partition coefficient (Wildman–Crippen LogP) is 4.54. The molecule has 4 heteroatoms. The van der Waals surface area contributed by atoms with E-state index in [4.69, 9.17) is 0 Å². The van der Waals surface area contributed by atoms with E-state index in [9.17, 15) is 4.79 Å². The molecular weight excluding hydrogens is 370 g/mol. The number of benzene rings is 1. The maximum atomic E-state index is 12.6. The third-order valence-electron chi connectivity index (χ3n) is 3.74.